The molecule has 0 spiro atoms. The number of nitrogens with zero attached hydrogens (tertiary/aromatic N) is 2. The van der Waals surface area contributed by atoms with Crippen LogP contribution in [0.4, 0.5) is 0 Å². The summed E-state index contributed by atoms with van der Waals surface area (Å²) in [5.41, 5.74) is 2.18. The lowest BCUT2D eigenvalue weighted by molar-refractivity contribution is -0.123. The lowest BCUT2D eigenvalue weighted by atomic mass is 10.1. The highest BCUT2D eigenvalue weighted by atomic mass is 35.5. The summed E-state index contributed by atoms with van der Waals surface area (Å²) in [4.78, 5) is 16.9. The van der Waals surface area contributed by atoms with Gasteiger partial charge in [0.2, 0.25) is 0 Å². The predicted octanol–water partition coefficient (Wildman–Crippen LogP) is 5.40. The van der Waals surface area contributed by atoms with Crippen LogP contribution in [-0.4, -0.2) is 28.6 Å². The minimum Gasteiger partial charge on any atom is -0.484 e. The number of carbonyl (C=O) groups excluding carboxylic acids is 1. The van der Waals surface area contributed by atoms with Gasteiger partial charge < -0.3 is 14.6 Å². The van der Waals surface area contributed by atoms with Crippen molar-refractivity contribution < 1.29 is 9.53 Å². The van der Waals surface area contributed by atoms with Crippen LogP contribution in [0.5, 0.6) is 5.75 Å². The minimum absolute atomic E-state index is 0.0184. The third kappa shape index (κ3) is 6.49. The van der Waals surface area contributed by atoms with E-state index >= 15 is 0 Å². The number of benzene rings is 2. The fourth-order valence-corrected chi connectivity index (χ4v) is 3.61. The first-order valence-electron chi connectivity index (χ1n) is 10.8. The second kappa shape index (κ2) is 11.6. The van der Waals surface area contributed by atoms with Crippen molar-refractivity contribution in [3.05, 3.63) is 59.4 Å². The molecule has 1 amide bonds. The van der Waals surface area contributed by atoms with Crippen LogP contribution in [0.15, 0.2) is 48.5 Å². The smallest absolute Gasteiger partial charge is 0.257 e. The zero-order chi connectivity index (χ0) is 21.2. The van der Waals surface area contributed by atoms with Gasteiger partial charge in [-0.2, -0.15) is 0 Å². The number of unbranched alkanes of at least 4 members (excludes halogenated alkanes) is 4. The standard InChI is InChI=1S/C24H30ClN3O2/c1-2-3-4-5-8-17-28-22-10-7-6-9-21(22)27-23(28)15-16-26-24(29)18-30-20-13-11-19(25)12-14-20/h6-7,9-14H,2-5,8,15-18H2,1H3,(H,26,29). The van der Waals surface area contributed by atoms with E-state index in [-0.39, 0.29) is 12.5 Å². The molecule has 6 heteroatoms. The van der Waals surface area contributed by atoms with Crippen molar-refractivity contribution in [1.29, 1.82) is 0 Å². The molecule has 5 nitrogen and oxygen atoms in total. The fourth-order valence-electron chi connectivity index (χ4n) is 3.48. The van der Waals surface area contributed by atoms with Crippen molar-refractivity contribution in [2.24, 2.45) is 0 Å². The number of carbonyl (C=O) groups is 1. The fraction of sp³-hybridized carbons (Fsp3) is 0.417. The van der Waals surface area contributed by atoms with Gasteiger partial charge in [-0.25, -0.2) is 4.98 Å². The highest BCUT2D eigenvalue weighted by molar-refractivity contribution is 6.30. The van der Waals surface area contributed by atoms with Crippen LogP contribution < -0.4 is 10.1 Å². The quantitative estimate of drug-likeness (QED) is 0.394. The Bertz CT molecular complexity index is 937. The van der Waals surface area contributed by atoms with Gasteiger partial charge in [0.05, 0.1) is 11.0 Å². The Morgan fingerprint density at radius 3 is 2.63 bits per heavy atom. The summed E-state index contributed by atoms with van der Waals surface area (Å²) in [6.07, 6.45) is 6.90. The molecule has 1 heterocycles. The Hall–Kier alpha value is -2.53. The topological polar surface area (TPSA) is 56.2 Å². The molecule has 0 saturated heterocycles. The maximum absolute atomic E-state index is 12.1. The molecular formula is C24H30ClN3O2. The van der Waals surface area contributed by atoms with Gasteiger partial charge in [-0.3, -0.25) is 4.79 Å². The maximum atomic E-state index is 12.1. The monoisotopic (exact) mass is 427 g/mol. The molecule has 0 unspecified atom stereocenters. The number of aryl methyl sites for hydroxylation is 1. The highest BCUT2D eigenvalue weighted by Crippen LogP contribution is 2.18. The molecule has 160 valence electrons. The van der Waals surface area contributed by atoms with Crippen LogP contribution >= 0.6 is 11.6 Å². The Labute approximate surface area is 183 Å². The number of aromatic nitrogens is 2. The van der Waals surface area contributed by atoms with Crippen LogP contribution in [-0.2, 0) is 17.8 Å². The summed E-state index contributed by atoms with van der Waals surface area (Å²) in [5, 5.41) is 3.56. The normalized spacial score (nSPS) is 11.0. The number of amides is 1. The lowest BCUT2D eigenvalue weighted by Crippen LogP contribution is -2.31. The van der Waals surface area contributed by atoms with E-state index in [2.05, 4.69) is 28.9 Å². The number of halogens is 1. The summed E-state index contributed by atoms with van der Waals surface area (Å²) >= 11 is 5.85. The Balaban J connectivity index is 1.51. The van der Waals surface area contributed by atoms with E-state index in [4.69, 9.17) is 21.3 Å². The van der Waals surface area contributed by atoms with E-state index < -0.39 is 0 Å². The number of rotatable bonds is 12. The van der Waals surface area contributed by atoms with Gasteiger partial charge in [-0.15, -0.1) is 0 Å². The van der Waals surface area contributed by atoms with E-state index in [9.17, 15) is 4.79 Å². The molecular weight excluding hydrogens is 398 g/mol. The second-order valence-electron chi connectivity index (χ2n) is 7.43. The summed E-state index contributed by atoms with van der Waals surface area (Å²) < 4.78 is 7.79. The molecule has 0 saturated carbocycles. The number of fused-ring (bicyclic) bond motifs is 1. The molecule has 3 rings (SSSR count). The molecule has 30 heavy (non-hydrogen) atoms. The number of ether oxygens (including phenoxy) is 1. The molecule has 3 aromatic rings. The molecule has 0 aliphatic carbocycles. The Morgan fingerprint density at radius 1 is 1.07 bits per heavy atom. The van der Waals surface area contributed by atoms with Gasteiger partial charge in [0.15, 0.2) is 6.61 Å². The summed E-state index contributed by atoms with van der Waals surface area (Å²) in [6, 6.07) is 15.2. The minimum atomic E-state index is -0.146. The van der Waals surface area contributed by atoms with Crippen LogP contribution in [0.2, 0.25) is 5.02 Å². The number of imidazole rings is 1. The second-order valence-corrected chi connectivity index (χ2v) is 7.86. The third-order valence-electron chi connectivity index (χ3n) is 5.07. The van der Waals surface area contributed by atoms with Crippen molar-refractivity contribution in [2.75, 3.05) is 13.2 Å². The van der Waals surface area contributed by atoms with Crippen LogP contribution in [0.3, 0.4) is 0 Å². The average Bonchev–Trinajstić information content (AvgIpc) is 3.10. The van der Waals surface area contributed by atoms with E-state index in [1.807, 2.05) is 12.1 Å². The summed E-state index contributed by atoms with van der Waals surface area (Å²) in [5.74, 6) is 1.50. The van der Waals surface area contributed by atoms with Gasteiger partial charge in [-0.05, 0) is 42.8 Å². The third-order valence-corrected chi connectivity index (χ3v) is 5.33. The van der Waals surface area contributed by atoms with Gasteiger partial charge in [-0.1, -0.05) is 56.3 Å². The van der Waals surface area contributed by atoms with Crippen molar-refractivity contribution in [3.8, 4) is 5.75 Å². The van der Waals surface area contributed by atoms with E-state index in [0.717, 1.165) is 24.3 Å². The molecule has 0 aliphatic rings. The van der Waals surface area contributed by atoms with Gasteiger partial charge >= 0.3 is 0 Å². The lowest BCUT2D eigenvalue weighted by Gasteiger charge is -2.10. The number of hydrogen-bond acceptors (Lipinski definition) is 3. The van der Waals surface area contributed by atoms with E-state index in [1.54, 1.807) is 24.3 Å². The van der Waals surface area contributed by atoms with Crippen LogP contribution in [0, 0.1) is 0 Å². The first kappa shape index (κ1) is 22.2. The average molecular weight is 428 g/mol. The number of para-hydroxylation sites is 2. The van der Waals surface area contributed by atoms with Crippen molar-refractivity contribution in [2.45, 2.75) is 52.0 Å². The zero-order valence-corrected chi connectivity index (χ0v) is 18.3. The SMILES string of the molecule is CCCCCCCn1c(CCNC(=O)COc2ccc(Cl)cc2)nc2ccccc21. The van der Waals surface area contributed by atoms with Gasteiger partial charge in [0.25, 0.3) is 5.91 Å². The molecule has 2 aromatic carbocycles. The summed E-state index contributed by atoms with van der Waals surface area (Å²) in [6.45, 7) is 3.71. The molecule has 0 radical (unpaired) electrons. The number of hydrogen-bond donors (Lipinski definition) is 1. The molecule has 0 aliphatic heterocycles. The first-order chi connectivity index (χ1) is 14.7. The zero-order valence-electron chi connectivity index (χ0n) is 17.6. The molecule has 0 bridgehead atoms. The molecule has 0 fully saturated rings. The maximum Gasteiger partial charge on any atom is 0.257 e. The van der Waals surface area contributed by atoms with E-state index in [1.165, 1.54) is 31.2 Å². The van der Waals surface area contributed by atoms with Crippen LogP contribution in [0.1, 0.15) is 44.9 Å². The molecule has 1 N–H and O–H groups in total. The molecule has 0 atom stereocenters. The molecule has 1 aromatic heterocycles. The predicted molar refractivity (Wildman–Crippen MR) is 122 cm³/mol. The van der Waals surface area contributed by atoms with E-state index in [0.29, 0.717) is 23.7 Å². The van der Waals surface area contributed by atoms with Gasteiger partial charge in [0.1, 0.15) is 11.6 Å². The Morgan fingerprint density at radius 2 is 1.83 bits per heavy atom. The van der Waals surface area contributed by atoms with Crippen molar-refractivity contribution >= 4 is 28.5 Å². The van der Waals surface area contributed by atoms with Gasteiger partial charge in [0, 0.05) is 24.5 Å². The number of nitrogens with one attached hydrogen (secondary N) is 1. The van der Waals surface area contributed by atoms with Crippen LogP contribution in [0.25, 0.3) is 11.0 Å². The first-order valence-corrected chi connectivity index (χ1v) is 11.1. The Kier molecular flexibility index (Phi) is 8.57. The summed E-state index contributed by atoms with van der Waals surface area (Å²) in [7, 11) is 0. The highest BCUT2D eigenvalue weighted by Gasteiger charge is 2.11. The largest absolute Gasteiger partial charge is 0.484 e. The van der Waals surface area contributed by atoms with Crippen molar-refractivity contribution in [3.63, 3.8) is 0 Å². The van der Waals surface area contributed by atoms with Crippen molar-refractivity contribution in [1.82, 2.24) is 14.9 Å².